The van der Waals surface area contributed by atoms with E-state index in [0.29, 0.717) is 5.41 Å². The SMILES string of the molecule is CC1CCN([C@@H]2CCCC(C)(C)C2)CC1. The third-order valence-corrected chi connectivity index (χ3v) is 4.51. The van der Waals surface area contributed by atoms with Crippen molar-refractivity contribution in [3.05, 3.63) is 0 Å². The van der Waals surface area contributed by atoms with Gasteiger partial charge in [0.15, 0.2) is 0 Å². The summed E-state index contributed by atoms with van der Waals surface area (Å²) in [6.45, 7) is 10.0. The molecule has 1 heteroatoms. The van der Waals surface area contributed by atoms with Gasteiger partial charge in [-0.25, -0.2) is 0 Å². The molecular weight excluding hydrogens is 182 g/mol. The van der Waals surface area contributed by atoms with E-state index in [2.05, 4.69) is 25.7 Å². The summed E-state index contributed by atoms with van der Waals surface area (Å²) in [4.78, 5) is 2.78. The van der Waals surface area contributed by atoms with Crippen LogP contribution < -0.4 is 0 Å². The maximum Gasteiger partial charge on any atom is 0.0100 e. The molecule has 1 atom stereocenters. The van der Waals surface area contributed by atoms with Crippen LogP contribution in [0.15, 0.2) is 0 Å². The lowest BCUT2D eigenvalue weighted by Gasteiger charge is -2.43. The van der Waals surface area contributed by atoms with E-state index in [9.17, 15) is 0 Å². The van der Waals surface area contributed by atoms with Gasteiger partial charge in [0.2, 0.25) is 0 Å². The summed E-state index contributed by atoms with van der Waals surface area (Å²) < 4.78 is 0. The van der Waals surface area contributed by atoms with Crippen LogP contribution in [0.4, 0.5) is 0 Å². The average molecular weight is 209 g/mol. The largest absolute Gasteiger partial charge is 0.300 e. The molecule has 1 aliphatic heterocycles. The second-order valence-corrected chi connectivity index (χ2v) is 6.63. The zero-order valence-corrected chi connectivity index (χ0v) is 10.8. The molecular formula is C14H27N. The highest BCUT2D eigenvalue weighted by Crippen LogP contribution is 2.38. The highest BCUT2D eigenvalue weighted by atomic mass is 15.2. The summed E-state index contributed by atoms with van der Waals surface area (Å²) in [5.41, 5.74) is 0.603. The van der Waals surface area contributed by atoms with Crippen LogP contribution >= 0.6 is 0 Å². The lowest BCUT2D eigenvalue weighted by atomic mass is 9.74. The molecule has 2 fully saturated rings. The summed E-state index contributed by atoms with van der Waals surface area (Å²) in [6, 6.07) is 0.904. The maximum absolute atomic E-state index is 2.78. The van der Waals surface area contributed by atoms with Gasteiger partial charge in [0.1, 0.15) is 0 Å². The van der Waals surface area contributed by atoms with Crippen LogP contribution in [0.3, 0.4) is 0 Å². The molecule has 0 aromatic heterocycles. The Balaban J connectivity index is 1.88. The van der Waals surface area contributed by atoms with Crippen LogP contribution in [0.2, 0.25) is 0 Å². The van der Waals surface area contributed by atoms with Gasteiger partial charge in [-0.05, 0) is 56.5 Å². The monoisotopic (exact) mass is 209 g/mol. The van der Waals surface area contributed by atoms with Gasteiger partial charge in [-0.3, -0.25) is 0 Å². The molecule has 15 heavy (non-hydrogen) atoms. The quantitative estimate of drug-likeness (QED) is 0.636. The molecule has 0 N–H and O–H groups in total. The zero-order chi connectivity index (χ0) is 10.9. The molecule has 1 nitrogen and oxygen atoms in total. The molecule has 1 saturated heterocycles. The highest BCUT2D eigenvalue weighted by Gasteiger charge is 2.32. The molecule has 0 amide bonds. The van der Waals surface area contributed by atoms with E-state index < -0.39 is 0 Å². The second kappa shape index (κ2) is 4.45. The van der Waals surface area contributed by atoms with Gasteiger partial charge in [-0.2, -0.15) is 0 Å². The van der Waals surface area contributed by atoms with E-state index >= 15 is 0 Å². The van der Waals surface area contributed by atoms with Gasteiger partial charge in [0.05, 0.1) is 0 Å². The van der Waals surface area contributed by atoms with Crippen LogP contribution in [0.5, 0.6) is 0 Å². The number of piperidine rings is 1. The highest BCUT2D eigenvalue weighted by molar-refractivity contribution is 4.86. The fraction of sp³-hybridized carbons (Fsp3) is 1.00. The molecule has 0 aromatic rings. The predicted octanol–water partition coefficient (Wildman–Crippen LogP) is 3.69. The first-order valence-electron chi connectivity index (χ1n) is 6.81. The zero-order valence-electron chi connectivity index (χ0n) is 10.8. The molecule has 2 aliphatic rings. The molecule has 1 saturated carbocycles. The summed E-state index contributed by atoms with van der Waals surface area (Å²) in [5.74, 6) is 0.970. The maximum atomic E-state index is 2.78. The minimum Gasteiger partial charge on any atom is -0.300 e. The van der Waals surface area contributed by atoms with E-state index in [4.69, 9.17) is 0 Å². The van der Waals surface area contributed by atoms with Gasteiger partial charge in [0, 0.05) is 6.04 Å². The fourth-order valence-electron chi connectivity index (χ4n) is 3.36. The Hall–Kier alpha value is -0.0400. The minimum atomic E-state index is 0.603. The molecule has 1 heterocycles. The molecule has 0 unspecified atom stereocenters. The number of likely N-dealkylation sites (tertiary alicyclic amines) is 1. The Morgan fingerprint density at radius 2 is 1.73 bits per heavy atom. The molecule has 0 spiro atoms. The summed E-state index contributed by atoms with van der Waals surface area (Å²) >= 11 is 0. The molecule has 88 valence electrons. The van der Waals surface area contributed by atoms with Gasteiger partial charge in [-0.15, -0.1) is 0 Å². The smallest absolute Gasteiger partial charge is 0.0100 e. The van der Waals surface area contributed by atoms with Crippen molar-refractivity contribution in [1.82, 2.24) is 4.90 Å². The first kappa shape index (κ1) is 11.4. The third kappa shape index (κ3) is 2.96. The number of hydrogen-bond acceptors (Lipinski definition) is 1. The Morgan fingerprint density at radius 3 is 2.33 bits per heavy atom. The van der Waals surface area contributed by atoms with Crippen LogP contribution in [0.25, 0.3) is 0 Å². The topological polar surface area (TPSA) is 3.24 Å². The Morgan fingerprint density at radius 1 is 1.07 bits per heavy atom. The first-order chi connectivity index (χ1) is 7.07. The molecule has 0 radical (unpaired) electrons. The Labute approximate surface area is 95.2 Å². The van der Waals surface area contributed by atoms with E-state index in [1.807, 2.05) is 0 Å². The van der Waals surface area contributed by atoms with E-state index in [0.717, 1.165) is 12.0 Å². The van der Waals surface area contributed by atoms with Gasteiger partial charge in [-0.1, -0.05) is 27.2 Å². The predicted molar refractivity (Wildman–Crippen MR) is 66.0 cm³/mol. The number of hydrogen-bond donors (Lipinski definition) is 0. The first-order valence-corrected chi connectivity index (χ1v) is 6.81. The van der Waals surface area contributed by atoms with Crippen LogP contribution in [-0.4, -0.2) is 24.0 Å². The van der Waals surface area contributed by atoms with Crippen molar-refractivity contribution in [3.8, 4) is 0 Å². The van der Waals surface area contributed by atoms with Crippen molar-refractivity contribution < 1.29 is 0 Å². The number of nitrogens with zero attached hydrogens (tertiary/aromatic N) is 1. The van der Waals surface area contributed by atoms with Crippen molar-refractivity contribution in [1.29, 1.82) is 0 Å². The van der Waals surface area contributed by atoms with E-state index in [1.165, 1.54) is 51.6 Å². The fourth-order valence-corrected chi connectivity index (χ4v) is 3.36. The van der Waals surface area contributed by atoms with Crippen molar-refractivity contribution >= 4 is 0 Å². The van der Waals surface area contributed by atoms with Crippen molar-refractivity contribution in [2.75, 3.05) is 13.1 Å². The minimum absolute atomic E-state index is 0.603. The lowest BCUT2D eigenvalue weighted by Crippen LogP contribution is -2.44. The van der Waals surface area contributed by atoms with Gasteiger partial charge in [0.25, 0.3) is 0 Å². The Bertz CT molecular complexity index is 201. The van der Waals surface area contributed by atoms with E-state index in [1.54, 1.807) is 0 Å². The number of rotatable bonds is 1. The van der Waals surface area contributed by atoms with Gasteiger partial charge < -0.3 is 4.90 Å². The summed E-state index contributed by atoms with van der Waals surface area (Å²) in [5, 5.41) is 0. The Kier molecular flexibility index (Phi) is 3.39. The molecule has 0 bridgehead atoms. The van der Waals surface area contributed by atoms with Crippen molar-refractivity contribution in [2.45, 2.75) is 65.3 Å². The van der Waals surface area contributed by atoms with Crippen LogP contribution in [0, 0.1) is 11.3 Å². The van der Waals surface area contributed by atoms with Crippen molar-refractivity contribution in [3.63, 3.8) is 0 Å². The molecule has 0 aromatic carbocycles. The molecule has 1 aliphatic carbocycles. The summed E-state index contributed by atoms with van der Waals surface area (Å²) in [6.07, 6.45) is 8.63. The molecule has 2 rings (SSSR count). The standard InChI is InChI=1S/C14H27N/c1-12-6-9-15(10-7-12)13-5-4-8-14(2,3)11-13/h12-13H,4-11H2,1-3H3/t13-/m1/s1. The van der Waals surface area contributed by atoms with Crippen LogP contribution in [-0.2, 0) is 0 Å². The van der Waals surface area contributed by atoms with Gasteiger partial charge >= 0.3 is 0 Å². The van der Waals surface area contributed by atoms with E-state index in [-0.39, 0.29) is 0 Å². The lowest BCUT2D eigenvalue weighted by molar-refractivity contribution is 0.0680. The van der Waals surface area contributed by atoms with Crippen LogP contribution in [0.1, 0.15) is 59.3 Å². The average Bonchev–Trinajstić information content (AvgIpc) is 2.17. The third-order valence-electron chi connectivity index (χ3n) is 4.51. The normalized spacial score (nSPS) is 34.2. The second-order valence-electron chi connectivity index (χ2n) is 6.63. The van der Waals surface area contributed by atoms with Crippen molar-refractivity contribution in [2.24, 2.45) is 11.3 Å². The summed E-state index contributed by atoms with van der Waals surface area (Å²) in [7, 11) is 0.